The quantitative estimate of drug-likeness (QED) is 0.307. The van der Waals surface area contributed by atoms with E-state index in [2.05, 4.69) is 35.4 Å². The molecule has 12 heteroatoms. The van der Waals surface area contributed by atoms with Crippen LogP contribution in [0.5, 0.6) is 5.75 Å². The molecule has 4 aromatic heterocycles. The maximum atomic E-state index is 6.56. The maximum absolute atomic E-state index is 6.56. The number of ether oxygens (including phenoxy) is 1. The molecule has 10 nitrogen and oxygen atoms in total. The number of H-pyrrole nitrogens is 1. The van der Waals surface area contributed by atoms with Gasteiger partial charge in [0.2, 0.25) is 0 Å². The van der Waals surface area contributed by atoms with Gasteiger partial charge < -0.3 is 15.4 Å². The molecule has 1 atom stereocenters. The normalized spacial score (nSPS) is 15.4. The standard InChI is InChI=1S/C26H25Cl2N9O/c1-15(24-19(27)11-30-12-20(24)28)38-17-3-4-21-18(9-17)25(34-31-21)22-5-6-23(33-32-22)37-13-26(29,14-37)10-16-7-8-36(2)35-16/h3-9,11-12,15H,10,13-14,29H2,1-2H3,(H,31,34)/t15-/m1/s1. The van der Waals surface area contributed by atoms with Crippen molar-refractivity contribution in [2.45, 2.75) is 25.0 Å². The van der Waals surface area contributed by atoms with Crippen LogP contribution in [0.15, 0.2) is 55.0 Å². The molecule has 0 amide bonds. The molecule has 194 valence electrons. The van der Waals surface area contributed by atoms with Gasteiger partial charge in [-0.05, 0) is 43.3 Å². The summed E-state index contributed by atoms with van der Waals surface area (Å²) < 4.78 is 7.96. The van der Waals surface area contributed by atoms with Crippen molar-refractivity contribution in [3.05, 3.63) is 76.3 Å². The Kier molecular flexibility index (Phi) is 6.17. The molecule has 0 bridgehead atoms. The zero-order valence-electron chi connectivity index (χ0n) is 20.8. The van der Waals surface area contributed by atoms with Crippen LogP contribution in [0.25, 0.3) is 22.3 Å². The SMILES string of the molecule is C[C@@H](Oc1ccc2[nH]nc(-c3ccc(N4CC(N)(Cc5ccn(C)n5)C4)nn3)c2c1)c1c(Cl)cncc1Cl. The van der Waals surface area contributed by atoms with Gasteiger partial charge in [0.05, 0.1) is 26.8 Å². The molecule has 0 spiro atoms. The Morgan fingerprint density at radius 1 is 1.11 bits per heavy atom. The van der Waals surface area contributed by atoms with Crippen molar-refractivity contribution in [2.75, 3.05) is 18.0 Å². The summed E-state index contributed by atoms with van der Waals surface area (Å²) in [5.74, 6) is 1.42. The first-order valence-corrected chi connectivity index (χ1v) is 12.8. The molecule has 5 aromatic rings. The second-order valence-electron chi connectivity index (χ2n) is 9.71. The van der Waals surface area contributed by atoms with E-state index >= 15 is 0 Å². The third-order valence-electron chi connectivity index (χ3n) is 6.67. The molecule has 1 aliphatic heterocycles. The molecule has 0 saturated carbocycles. The second-order valence-corrected chi connectivity index (χ2v) is 10.5. The molecule has 0 unspecified atom stereocenters. The zero-order valence-corrected chi connectivity index (χ0v) is 22.3. The van der Waals surface area contributed by atoms with Gasteiger partial charge in [-0.15, -0.1) is 10.2 Å². The molecule has 38 heavy (non-hydrogen) atoms. The smallest absolute Gasteiger partial charge is 0.151 e. The fourth-order valence-electron chi connectivity index (χ4n) is 4.86. The predicted molar refractivity (Wildman–Crippen MR) is 146 cm³/mol. The van der Waals surface area contributed by atoms with Gasteiger partial charge in [0.25, 0.3) is 0 Å². The molecule has 1 aliphatic rings. The second kappa shape index (κ2) is 9.54. The molecule has 1 saturated heterocycles. The molecule has 3 N–H and O–H groups in total. The van der Waals surface area contributed by atoms with Gasteiger partial charge in [0, 0.05) is 56.1 Å². The lowest BCUT2D eigenvalue weighted by atomic mass is 9.86. The highest BCUT2D eigenvalue weighted by atomic mass is 35.5. The van der Waals surface area contributed by atoms with Gasteiger partial charge in [0.1, 0.15) is 23.2 Å². The number of aromatic amines is 1. The molecule has 0 radical (unpaired) electrons. The van der Waals surface area contributed by atoms with Crippen molar-refractivity contribution in [1.82, 2.24) is 35.2 Å². The monoisotopic (exact) mass is 549 g/mol. The van der Waals surface area contributed by atoms with E-state index in [0.29, 0.717) is 45.8 Å². The van der Waals surface area contributed by atoms with Crippen LogP contribution >= 0.6 is 23.2 Å². The summed E-state index contributed by atoms with van der Waals surface area (Å²) in [6.45, 7) is 3.26. The summed E-state index contributed by atoms with van der Waals surface area (Å²) in [6.07, 6.45) is 5.37. The van der Waals surface area contributed by atoms with Gasteiger partial charge in [0.15, 0.2) is 5.82 Å². The number of anilines is 1. The minimum Gasteiger partial charge on any atom is -0.486 e. The number of benzene rings is 1. The number of hydrogen-bond donors (Lipinski definition) is 2. The minimum atomic E-state index is -0.381. The molecule has 1 aromatic carbocycles. The zero-order chi connectivity index (χ0) is 26.4. The van der Waals surface area contributed by atoms with E-state index in [1.807, 2.05) is 56.6 Å². The third kappa shape index (κ3) is 4.66. The summed E-state index contributed by atoms with van der Waals surface area (Å²) in [5.41, 5.74) is 10.1. The van der Waals surface area contributed by atoms with Crippen LogP contribution in [-0.2, 0) is 13.5 Å². The Balaban J connectivity index is 1.17. The Morgan fingerprint density at radius 2 is 1.89 bits per heavy atom. The molecule has 0 aliphatic carbocycles. The number of halogens is 2. The third-order valence-corrected chi connectivity index (χ3v) is 7.28. The van der Waals surface area contributed by atoms with Gasteiger partial charge in [-0.3, -0.25) is 14.8 Å². The summed E-state index contributed by atoms with van der Waals surface area (Å²) in [4.78, 5) is 6.12. The number of rotatable bonds is 7. The van der Waals surface area contributed by atoms with E-state index in [1.54, 1.807) is 17.1 Å². The van der Waals surface area contributed by atoms with Crippen LogP contribution in [0, 0.1) is 0 Å². The number of fused-ring (bicyclic) bond motifs is 1. The van der Waals surface area contributed by atoms with E-state index < -0.39 is 0 Å². The Hall–Kier alpha value is -3.73. The lowest BCUT2D eigenvalue weighted by Gasteiger charge is -2.48. The summed E-state index contributed by atoms with van der Waals surface area (Å²) in [5, 5.41) is 22.7. The van der Waals surface area contributed by atoms with Crippen LogP contribution in [0.1, 0.15) is 24.3 Å². The molecule has 1 fully saturated rings. The average molecular weight is 550 g/mol. The minimum absolute atomic E-state index is 0.328. The summed E-state index contributed by atoms with van der Waals surface area (Å²) in [7, 11) is 1.91. The number of nitrogens with zero attached hydrogens (tertiary/aromatic N) is 7. The topological polar surface area (TPSA) is 124 Å². The van der Waals surface area contributed by atoms with Crippen molar-refractivity contribution in [3.8, 4) is 17.1 Å². The highest BCUT2D eigenvalue weighted by Gasteiger charge is 2.40. The van der Waals surface area contributed by atoms with Crippen LogP contribution in [0.3, 0.4) is 0 Å². The highest BCUT2D eigenvalue weighted by Crippen LogP contribution is 2.35. The number of nitrogens with one attached hydrogen (secondary N) is 1. The number of aromatic nitrogens is 7. The number of nitrogens with two attached hydrogens (primary N) is 1. The van der Waals surface area contributed by atoms with Crippen LogP contribution in [0.4, 0.5) is 5.82 Å². The van der Waals surface area contributed by atoms with E-state index in [4.69, 9.17) is 33.7 Å². The Morgan fingerprint density at radius 3 is 2.58 bits per heavy atom. The fraction of sp³-hybridized carbons (Fsp3) is 0.269. The number of pyridine rings is 1. The highest BCUT2D eigenvalue weighted by molar-refractivity contribution is 6.35. The van der Waals surface area contributed by atoms with Crippen molar-refractivity contribution in [1.29, 1.82) is 0 Å². The summed E-state index contributed by atoms with van der Waals surface area (Å²) >= 11 is 12.6. The van der Waals surface area contributed by atoms with E-state index in [1.165, 1.54) is 0 Å². The summed E-state index contributed by atoms with van der Waals surface area (Å²) in [6, 6.07) is 11.6. The molecule has 5 heterocycles. The van der Waals surface area contributed by atoms with Crippen LogP contribution < -0.4 is 15.4 Å². The van der Waals surface area contributed by atoms with Gasteiger partial charge in [-0.2, -0.15) is 10.2 Å². The van der Waals surface area contributed by atoms with Gasteiger partial charge in [-0.25, -0.2) is 0 Å². The first kappa shape index (κ1) is 24.6. The Labute approximate surface area is 228 Å². The number of hydrogen-bond acceptors (Lipinski definition) is 8. The van der Waals surface area contributed by atoms with Crippen molar-refractivity contribution >= 4 is 39.9 Å². The average Bonchev–Trinajstić information content (AvgIpc) is 3.48. The van der Waals surface area contributed by atoms with Gasteiger partial charge >= 0.3 is 0 Å². The van der Waals surface area contributed by atoms with E-state index in [9.17, 15) is 0 Å². The lowest BCUT2D eigenvalue weighted by molar-refractivity contribution is 0.227. The molecular formula is C26H25Cl2N9O. The van der Waals surface area contributed by atoms with Crippen molar-refractivity contribution < 1.29 is 4.74 Å². The predicted octanol–water partition coefficient (Wildman–Crippen LogP) is 4.36. The Bertz CT molecular complexity index is 1590. The first-order chi connectivity index (χ1) is 18.3. The van der Waals surface area contributed by atoms with Crippen LogP contribution in [-0.4, -0.2) is 53.8 Å². The van der Waals surface area contributed by atoms with E-state index in [0.717, 1.165) is 28.8 Å². The number of aryl methyl sites for hydroxylation is 1. The van der Waals surface area contributed by atoms with E-state index in [-0.39, 0.29) is 11.6 Å². The fourth-order valence-corrected chi connectivity index (χ4v) is 5.53. The largest absolute Gasteiger partial charge is 0.486 e. The van der Waals surface area contributed by atoms with Crippen LogP contribution in [0.2, 0.25) is 10.0 Å². The lowest BCUT2D eigenvalue weighted by Crippen LogP contribution is -2.69. The first-order valence-electron chi connectivity index (χ1n) is 12.1. The van der Waals surface area contributed by atoms with Crippen molar-refractivity contribution in [3.63, 3.8) is 0 Å². The molecular weight excluding hydrogens is 525 g/mol. The van der Waals surface area contributed by atoms with Gasteiger partial charge in [-0.1, -0.05) is 23.2 Å². The molecule has 6 rings (SSSR count). The van der Waals surface area contributed by atoms with Crippen molar-refractivity contribution in [2.24, 2.45) is 12.8 Å². The maximum Gasteiger partial charge on any atom is 0.151 e.